The molecule has 1 unspecified atom stereocenters. The highest BCUT2D eigenvalue weighted by Crippen LogP contribution is 2.20. The summed E-state index contributed by atoms with van der Waals surface area (Å²) in [5, 5.41) is 19.1. The van der Waals surface area contributed by atoms with Gasteiger partial charge in [-0.3, -0.25) is 5.10 Å². The van der Waals surface area contributed by atoms with Gasteiger partial charge in [0.1, 0.15) is 0 Å². The molecule has 2 aromatic heterocycles. The van der Waals surface area contributed by atoms with Crippen LogP contribution in [-0.2, 0) is 0 Å². The standard InChI is InChI=1S/C10H10N6/c1-2-8(14-11-4-1)7-6-13-16-10(7)9-3-5-12-15-9/h1-5,7,13H,6H2,(H,12,15). The third kappa shape index (κ3) is 1.44. The van der Waals surface area contributed by atoms with Crippen molar-refractivity contribution in [2.75, 3.05) is 6.54 Å². The normalized spacial score (nSPS) is 19.2. The van der Waals surface area contributed by atoms with Crippen LogP contribution in [0.3, 0.4) is 0 Å². The molecule has 2 aromatic rings. The van der Waals surface area contributed by atoms with Gasteiger partial charge in [0.05, 0.1) is 23.0 Å². The molecule has 0 aromatic carbocycles. The topological polar surface area (TPSA) is 78.8 Å². The van der Waals surface area contributed by atoms with Crippen LogP contribution in [0.4, 0.5) is 0 Å². The molecular formula is C10H10N6. The summed E-state index contributed by atoms with van der Waals surface area (Å²) >= 11 is 0. The zero-order chi connectivity index (χ0) is 10.8. The maximum atomic E-state index is 4.26. The van der Waals surface area contributed by atoms with Gasteiger partial charge < -0.3 is 5.43 Å². The van der Waals surface area contributed by atoms with Crippen LogP contribution in [0.2, 0.25) is 0 Å². The first-order chi connectivity index (χ1) is 7.95. The van der Waals surface area contributed by atoms with Gasteiger partial charge in [-0.1, -0.05) is 0 Å². The molecule has 0 bridgehead atoms. The average molecular weight is 214 g/mol. The fourth-order valence-corrected chi connectivity index (χ4v) is 1.79. The van der Waals surface area contributed by atoms with Gasteiger partial charge in [-0.25, -0.2) is 0 Å². The number of hydrazone groups is 1. The van der Waals surface area contributed by atoms with E-state index >= 15 is 0 Å². The van der Waals surface area contributed by atoms with E-state index in [0.717, 1.165) is 23.6 Å². The molecule has 1 atom stereocenters. The van der Waals surface area contributed by atoms with E-state index in [0.29, 0.717) is 0 Å². The third-order valence-electron chi connectivity index (χ3n) is 2.55. The summed E-state index contributed by atoms with van der Waals surface area (Å²) in [5.74, 6) is 0.133. The molecule has 16 heavy (non-hydrogen) atoms. The Hall–Kier alpha value is -2.24. The van der Waals surface area contributed by atoms with Crippen LogP contribution in [0.1, 0.15) is 17.3 Å². The highest BCUT2D eigenvalue weighted by atomic mass is 15.3. The van der Waals surface area contributed by atoms with Crippen LogP contribution in [0.5, 0.6) is 0 Å². The van der Waals surface area contributed by atoms with E-state index in [4.69, 9.17) is 0 Å². The summed E-state index contributed by atoms with van der Waals surface area (Å²) in [5.41, 5.74) is 5.75. The second kappa shape index (κ2) is 3.73. The van der Waals surface area contributed by atoms with Crippen LogP contribution < -0.4 is 5.43 Å². The van der Waals surface area contributed by atoms with Gasteiger partial charge in [0.2, 0.25) is 0 Å². The lowest BCUT2D eigenvalue weighted by Crippen LogP contribution is -2.16. The Morgan fingerprint density at radius 2 is 2.25 bits per heavy atom. The predicted octanol–water partition coefficient (Wildman–Crippen LogP) is 0.291. The Kier molecular flexibility index (Phi) is 2.10. The summed E-state index contributed by atoms with van der Waals surface area (Å²) in [6.45, 7) is 0.743. The number of nitrogens with zero attached hydrogens (tertiary/aromatic N) is 4. The maximum Gasteiger partial charge on any atom is 0.0962 e. The zero-order valence-electron chi connectivity index (χ0n) is 8.46. The van der Waals surface area contributed by atoms with Crippen molar-refractivity contribution in [3.63, 3.8) is 0 Å². The number of hydrogen-bond donors (Lipinski definition) is 2. The Labute approximate surface area is 91.8 Å². The van der Waals surface area contributed by atoms with E-state index in [2.05, 4.69) is 30.9 Å². The molecule has 1 aliphatic rings. The fourth-order valence-electron chi connectivity index (χ4n) is 1.79. The van der Waals surface area contributed by atoms with Crippen molar-refractivity contribution in [1.29, 1.82) is 0 Å². The van der Waals surface area contributed by atoms with E-state index in [-0.39, 0.29) is 5.92 Å². The number of nitrogens with one attached hydrogen (secondary N) is 2. The first kappa shape index (κ1) is 9.02. The minimum absolute atomic E-state index is 0.133. The molecule has 6 nitrogen and oxygen atoms in total. The van der Waals surface area contributed by atoms with Gasteiger partial charge >= 0.3 is 0 Å². The molecule has 0 amide bonds. The van der Waals surface area contributed by atoms with Gasteiger partial charge in [-0.05, 0) is 18.2 Å². The lowest BCUT2D eigenvalue weighted by molar-refractivity contribution is 0.738. The van der Waals surface area contributed by atoms with Crippen molar-refractivity contribution in [2.45, 2.75) is 5.92 Å². The van der Waals surface area contributed by atoms with E-state index in [1.807, 2.05) is 18.2 Å². The molecule has 0 aliphatic carbocycles. The number of hydrogen-bond acceptors (Lipinski definition) is 5. The number of rotatable bonds is 2. The van der Waals surface area contributed by atoms with Gasteiger partial charge in [-0.15, -0.1) is 0 Å². The highest BCUT2D eigenvalue weighted by Gasteiger charge is 2.26. The molecule has 0 saturated heterocycles. The van der Waals surface area contributed by atoms with Crippen molar-refractivity contribution in [3.8, 4) is 0 Å². The van der Waals surface area contributed by atoms with E-state index in [9.17, 15) is 0 Å². The van der Waals surface area contributed by atoms with Crippen molar-refractivity contribution >= 4 is 5.71 Å². The molecular weight excluding hydrogens is 204 g/mol. The Balaban J connectivity index is 1.96. The largest absolute Gasteiger partial charge is 0.309 e. The van der Waals surface area contributed by atoms with Gasteiger partial charge in [-0.2, -0.15) is 20.4 Å². The predicted molar refractivity (Wildman–Crippen MR) is 57.9 cm³/mol. The molecule has 2 N–H and O–H groups in total. The van der Waals surface area contributed by atoms with Crippen LogP contribution >= 0.6 is 0 Å². The van der Waals surface area contributed by atoms with E-state index in [1.54, 1.807) is 12.4 Å². The van der Waals surface area contributed by atoms with Crippen molar-refractivity contribution in [2.24, 2.45) is 5.10 Å². The Morgan fingerprint density at radius 1 is 1.25 bits per heavy atom. The zero-order valence-corrected chi connectivity index (χ0v) is 8.46. The average Bonchev–Trinajstić information content (AvgIpc) is 3.01. The monoisotopic (exact) mass is 214 g/mol. The summed E-state index contributed by atoms with van der Waals surface area (Å²) in [6, 6.07) is 5.73. The summed E-state index contributed by atoms with van der Waals surface area (Å²) in [6.07, 6.45) is 3.38. The SMILES string of the molecule is c1cnnc(C2CNN=C2c2ccn[nH]2)c1. The van der Waals surface area contributed by atoms with Crippen molar-refractivity contribution in [3.05, 3.63) is 42.0 Å². The van der Waals surface area contributed by atoms with Gasteiger partial charge in [0.25, 0.3) is 0 Å². The van der Waals surface area contributed by atoms with Crippen LogP contribution in [0.15, 0.2) is 35.7 Å². The smallest absolute Gasteiger partial charge is 0.0962 e. The maximum absolute atomic E-state index is 4.26. The molecule has 0 fully saturated rings. The quantitative estimate of drug-likeness (QED) is 0.753. The van der Waals surface area contributed by atoms with Crippen molar-refractivity contribution < 1.29 is 0 Å². The molecule has 80 valence electrons. The second-order valence-corrected chi connectivity index (χ2v) is 3.53. The number of H-pyrrole nitrogens is 1. The number of aromatic nitrogens is 4. The van der Waals surface area contributed by atoms with Gasteiger partial charge in [0, 0.05) is 18.9 Å². The lowest BCUT2D eigenvalue weighted by Gasteiger charge is -2.08. The summed E-state index contributed by atoms with van der Waals surface area (Å²) in [4.78, 5) is 0. The second-order valence-electron chi connectivity index (χ2n) is 3.53. The number of aromatic amines is 1. The van der Waals surface area contributed by atoms with Crippen LogP contribution in [0.25, 0.3) is 0 Å². The lowest BCUT2D eigenvalue weighted by atomic mass is 9.98. The van der Waals surface area contributed by atoms with E-state index in [1.165, 1.54) is 0 Å². The molecule has 6 heteroatoms. The summed E-state index contributed by atoms with van der Waals surface area (Å²) < 4.78 is 0. The first-order valence-electron chi connectivity index (χ1n) is 5.03. The highest BCUT2D eigenvalue weighted by molar-refractivity contribution is 6.04. The molecule has 0 saturated carbocycles. The van der Waals surface area contributed by atoms with Gasteiger partial charge in [0.15, 0.2) is 0 Å². The third-order valence-corrected chi connectivity index (χ3v) is 2.55. The molecule has 3 rings (SSSR count). The molecule has 0 spiro atoms. The summed E-state index contributed by atoms with van der Waals surface area (Å²) in [7, 11) is 0. The van der Waals surface area contributed by atoms with Crippen molar-refractivity contribution in [1.82, 2.24) is 25.8 Å². The minimum Gasteiger partial charge on any atom is -0.309 e. The first-order valence-corrected chi connectivity index (χ1v) is 5.03. The molecule has 0 radical (unpaired) electrons. The molecule has 1 aliphatic heterocycles. The fraction of sp³-hybridized carbons (Fsp3) is 0.200. The van der Waals surface area contributed by atoms with Crippen LogP contribution in [0, 0.1) is 0 Å². The minimum atomic E-state index is 0.133. The Morgan fingerprint density at radius 3 is 3.00 bits per heavy atom. The Bertz CT molecular complexity index is 489. The molecule has 3 heterocycles. The van der Waals surface area contributed by atoms with Crippen LogP contribution in [-0.4, -0.2) is 32.7 Å². The van der Waals surface area contributed by atoms with E-state index < -0.39 is 0 Å².